The molecule has 0 saturated carbocycles. The first kappa shape index (κ1) is 17.4. The zero-order valence-electron chi connectivity index (χ0n) is 14.2. The Morgan fingerprint density at radius 3 is 2.62 bits per heavy atom. The van der Waals surface area contributed by atoms with Crippen LogP contribution in [0.4, 0.5) is 0 Å². The third-order valence-corrected chi connectivity index (χ3v) is 5.43. The van der Waals surface area contributed by atoms with Gasteiger partial charge in [-0.1, -0.05) is 12.8 Å². The van der Waals surface area contributed by atoms with Crippen LogP contribution < -0.4 is 0 Å². The Labute approximate surface area is 146 Å². The van der Waals surface area contributed by atoms with Gasteiger partial charge in [0.25, 0.3) is 5.91 Å². The maximum atomic E-state index is 12.7. The van der Waals surface area contributed by atoms with E-state index in [4.69, 9.17) is 4.74 Å². The van der Waals surface area contributed by atoms with Gasteiger partial charge < -0.3 is 14.5 Å². The highest BCUT2D eigenvalue weighted by molar-refractivity contribution is 7.09. The Morgan fingerprint density at radius 1 is 1.21 bits per heavy atom. The van der Waals surface area contributed by atoms with E-state index in [0.717, 1.165) is 36.6 Å². The van der Waals surface area contributed by atoms with Crippen molar-refractivity contribution in [3.05, 3.63) is 16.1 Å². The van der Waals surface area contributed by atoms with Crippen LogP contribution in [-0.2, 0) is 20.7 Å². The van der Waals surface area contributed by atoms with Crippen LogP contribution in [0.5, 0.6) is 0 Å². The van der Waals surface area contributed by atoms with Gasteiger partial charge in [-0.15, -0.1) is 11.3 Å². The summed E-state index contributed by atoms with van der Waals surface area (Å²) in [6.07, 6.45) is 4.28. The molecule has 0 N–H and O–H groups in total. The fraction of sp³-hybridized carbons (Fsp3) is 0.706. The summed E-state index contributed by atoms with van der Waals surface area (Å²) in [5.41, 5.74) is 0.810. The van der Waals surface area contributed by atoms with E-state index in [-0.39, 0.29) is 11.8 Å². The number of hydrogen-bond donors (Lipinski definition) is 0. The average Bonchev–Trinajstić information content (AvgIpc) is 2.84. The first-order valence-electron chi connectivity index (χ1n) is 8.72. The molecule has 2 saturated heterocycles. The lowest BCUT2D eigenvalue weighted by Gasteiger charge is -2.34. The molecule has 2 amide bonds. The molecule has 0 aromatic carbocycles. The Kier molecular flexibility index (Phi) is 5.84. The zero-order valence-corrected chi connectivity index (χ0v) is 15.0. The van der Waals surface area contributed by atoms with E-state index in [9.17, 15) is 9.59 Å². The molecule has 2 aliphatic rings. The number of nitrogens with zero attached hydrogens (tertiary/aromatic N) is 3. The largest absolute Gasteiger partial charge is 0.365 e. The molecule has 2 fully saturated rings. The summed E-state index contributed by atoms with van der Waals surface area (Å²) < 4.78 is 5.67. The summed E-state index contributed by atoms with van der Waals surface area (Å²) in [5.74, 6) is 0.0659. The zero-order chi connectivity index (χ0) is 16.9. The Balaban J connectivity index is 1.56. The topological polar surface area (TPSA) is 62.7 Å². The highest BCUT2D eigenvalue weighted by atomic mass is 32.1. The fourth-order valence-corrected chi connectivity index (χ4v) is 3.89. The molecule has 132 valence electrons. The average molecular weight is 351 g/mol. The summed E-state index contributed by atoms with van der Waals surface area (Å²) >= 11 is 1.55. The van der Waals surface area contributed by atoms with Crippen molar-refractivity contribution in [3.63, 3.8) is 0 Å². The van der Waals surface area contributed by atoms with Gasteiger partial charge in [0.05, 0.1) is 30.3 Å². The van der Waals surface area contributed by atoms with Crippen molar-refractivity contribution in [2.75, 3.05) is 32.8 Å². The molecule has 0 radical (unpaired) electrons. The van der Waals surface area contributed by atoms with Crippen molar-refractivity contribution in [1.29, 1.82) is 0 Å². The van der Waals surface area contributed by atoms with Gasteiger partial charge in [0, 0.05) is 25.0 Å². The molecule has 3 heterocycles. The summed E-state index contributed by atoms with van der Waals surface area (Å²) in [4.78, 5) is 33.2. The van der Waals surface area contributed by atoms with E-state index in [1.807, 2.05) is 17.2 Å². The first-order chi connectivity index (χ1) is 11.6. The second kappa shape index (κ2) is 8.07. The number of ether oxygens (including phenoxy) is 1. The normalized spacial score (nSPS) is 22.3. The summed E-state index contributed by atoms with van der Waals surface area (Å²) in [6, 6.07) is 0. The minimum atomic E-state index is -0.516. The van der Waals surface area contributed by atoms with Crippen molar-refractivity contribution in [2.45, 2.75) is 45.1 Å². The van der Waals surface area contributed by atoms with Gasteiger partial charge in [-0.25, -0.2) is 4.98 Å². The summed E-state index contributed by atoms with van der Waals surface area (Å²) in [5, 5.41) is 2.89. The second-order valence-corrected chi connectivity index (χ2v) is 7.54. The Bertz CT molecular complexity index is 581. The Morgan fingerprint density at radius 2 is 1.96 bits per heavy atom. The molecule has 1 aromatic heterocycles. The molecule has 6 nitrogen and oxygen atoms in total. The third-order valence-electron chi connectivity index (χ3n) is 4.61. The van der Waals surface area contributed by atoms with Crippen molar-refractivity contribution in [1.82, 2.24) is 14.8 Å². The molecule has 3 rings (SSSR count). The highest BCUT2D eigenvalue weighted by Gasteiger charge is 2.32. The monoisotopic (exact) mass is 351 g/mol. The van der Waals surface area contributed by atoms with Crippen molar-refractivity contribution < 1.29 is 14.3 Å². The standard InChI is InChI=1S/C17H25N3O3S/c1-13-18-14(12-24-13)10-16(21)20-8-9-23-15(11-20)17(22)19-6-4-2-3-5-7-19/h12,15H,2-11H2,1H3. The molecular formula is C17H25N3O3S. The molecule has 1 aromatic rings. The number of likely N-dealkylation sites (tertiary alicyclic amines) is 1. The van der Waals surface area contributed by atoms with Crippen LogP contribution in [0.1, 0.15) is 36.4 Å². The maximum absolute atomic E-state index is 12.7. The van der Waals surface area contributed by atoms with Gasteiger partial charge in [-0.05, 0) is 19.8 Å². The minimum absolute atomic E-state index is 0.0252. The number of amides is 2. The molecular weight excluding hydrogens is 326 g/mol. The predicted octanol–water partition coefficient (Wildman–Crippen LogP) is 1.62. The summed E-state index contributed by atoms with van der Waals surface area (Å²) in [6.45, 7) is 4.88. The quantitative estimate of drug-likeness (QED) is 0.830. The lowest BCUT2D eigenvalue weighted by Crippen LogP contribution is -2.53. The predicted molar refractivity (Wildman–Crippen MR) is 91.9 cm³/mol. The van der Waals surface area contributed by atoms with Crippen LogP contribution in [0.2, 0.25) is 0 Å². The number of hydrogen-bond acceptors (Lipinski definition) is 5. The van der Waals surface area contributed by atoms with Gasteiger partial charge in [0.2, 0.25) is 5.91 Å². The van der Waals surface area contributed by atoms with Crippen LogP contribution in [0.15, 0.2) is 5.38 Å². The molecule has 7 heteroatoms. The molecule has 2 aliphatic heterocycles. The van der Waals surface area contributed by atoms with Crippen LogP contribution >= 0.6 is 11.3 Å². The van der Waals surface area contributed by atoms with Crippen molar-refractivity contribution in [3.8, 4) is 0 Å². The number of morpholine rings is 1. The molecule has 0 bridgehead atoms. The molecule has 1 unspecified atom stereocenters. The lowest BCUT2D eigenvalue weighted by molar-refractivity contribution is -0.154. The van der Waals surface area contributed by atoms with Crippen molar-refractivity contribution >= 4 is 23.2 Å². The van der Waals surface area contributed by atoms with Crippen LogP contribution in [0.25, 0.3) is 0 Å². The number of thiazole rings is 1. The number of carbonyl (C=O) groups is 2. The highest BCUT2D eigenvalue weighted by Crippen LogP contribution is 2.16. The van der Waals surface area contributed by atoms with Gasteiger partial charge >= 0.3 is 0 Å². The van der Waals surface area contributed by atoms with Gasteiger partial charge in [0.15, 0.2) is 6.10 Å². The van der Waals surface area contributed by atoms with Gasteiger partial charge in [-0.3, -0.25) is 9.59 Å². The molecule has 24 heavy (non-hydrogen) atoms. The minimum Gasteiger partial charge on any atom is -0.365 e. The van der Waals surface area contributed by atoms with E-state index in [0.29, 0.717) is 26.1 Å². The SMILES string of the molecule is Cc1nc(CC(=O)N2CCOC(C(=O)N3CCCCCC3)C2)cs1. The van der Waals surface area contributed by atoms with Gasteiger partial charge in [0.1, 0.15) is 0 Å². The molecule has 0 aliphatic carbocycles. The number of aryl methyl sites for hydroxylation is 1. The number of aromatic nitrogens is 1. The summed E-state index contributed by atoms with van der Waals surface area (Å²) in [7, 11) is 0. The fourth-order valence-electron chi connectivity index (χ4n) is 3.28. The van der Waals surface area contributed by atoms with E-state index < -0.39 is 6.10 Å². The van der Waals surface area contributed by atoms with Gasteiger partial charge in [-0.2, -0.15) is 0 Å². The van der Waals surface area contributed by atoms with Crippen LogP contribution in [0.3, 0.4) is 0 Å². The number of carbonyl (C=O) groups excluding carboxylic acids is 2. The maximum Gasteiger partial charge on any atom is 0.253 e. The first-order valence-corrected chi connectivity index (χ1v) is 9.60. The van der Waals surface area contributed by atoms with Crippen molar-refractivity contribution in [2.24, 2.45) is 0 Å². The Hall–Kier alpha value is -1.47. The van der Waals surface area contributed by atoms with Crippen LogP contribution in [-0.4, -0.2) is 65.5 Å². The molecule has 1 atom stereocenters. The van der Waals surface area contributed by atoms with E-state index in [1.165, 1.54) is 12.8 Å². The van der Waals surface area contributed by atoms with E-state index in [1.54, 1.807) is 16.2 Å². The third kappa shape index (κ3) is 4.33. The number of rotatable bonds is 3. The second-order valence-electron chi connectivity index (χ2n) is 6.47. The smallest absolute Gasteiger partial charge is 0.253 e. The lowest BCUT2D eigenvalue weighted by atomic mass is 10.2. The van der Waals surface area contributed by atoms with E-state index >= 15 is 0 Å². The molecule has 0 spiro atoms. The van der Waals surface area contributed by atoms with E-state index in [2.05, 4.69) is 4.98 Å². The van der Waals surface area contributed by atoms with Crippen LogP contribution in [0, 0.1) is 6.92 Å².